The summed E-state index contributed by atoms with van der Waals surface area (Å²) in [6.45, 7) is 7.69. The number of aryl methyl sites for hydroxylation is 2. The lowest BCUT2D eigenvalue weighted by atomic mass is 9.94. The van der Waals surface area contributed by atoms with E-state index in [0.29, 0.717) is 28.3 Å². The Kier molecular flexibility index (Phi) is 7.09. The number of hydrogen-bond acceptors (Lipinski definition) is 5. The molecule has 1 fully saturated rings. The second-order valence-corrected chi connectivity index (χ2v) is 9.51. The summed E-state index contributed by atoms with van der Waals surface area (Å²) in [6.07, 6.45) is -0.0625. The number of amides is 1. The number of carbonyl (C=O) groups is 2. The third-order valence-electron chi connectivity index (χ3n) is 5.90. The minimum absolute atomic E-state index is 0.0258. The van der Waals surface area contributed by atoms with Crippen molar-refractivity contribution >= 4 is 34.7 Å². The third-order valence-corrected chi connectivity index (χ3v) is 6.20. The zero-order valence-corrected chi connectivity index (χ0v) is 21.6. The number of anilines is 1. The van der Waals surface area contributed by atoms with Crippen molar-refractivity contribution in [2.24, 2.45) is 0 Å². The summed E-state index contributed by atoms with van der Waals surface area (Å²) < 4.78 is 11.1. The summed E-state index contributed by atoms with van der Waals surface area (Å²) in [6, 6.07) is 16.8. The molecule has 1 unspecified atom stereocenters. The van der Waals surface area contributed by atoms with Crippen LogP contribution >= 0.6 is 11.6 Å². The second-order valence-electron chi connectivity index (χ2n) is 9.10. The molecule has 0 aromatic heterocycles. The Bertz CT molecular complexity index is 1360. The smallest absolute Gasteiger partial charge is 0.300 e. The van der Waals surface area contributed by atoms with Gasteiger partial charge >= 0.3 is 0 Å². The minimum Gasteiger partial charge on any atom is -0.507 e. The number of hydrogen-bond donors (Lipinski definition) is 1. The molecule has 1 atom stereocenters. The number of ether oxygens (including phenoxy) is 2. The van der Waals surface area contributed by atoms with Crippen LogP contribution in [0.3, 0.4) is 0 Å². The van der Waals surface area contributed by atoms with Gasteiger partial charge in [-0.2, -0.15) is 0 Å². The van der Waals surface area contributed by atoms with Gasteiger partial charge < -0.3 is 14.6 Å². The molecular weight excluding hydrogens is 478 g/mol. The summed E-state index contributed by atoms with van der Waals surface area (Å²) in [7, 11) is 1.49. The maximum absolute atomic E-state index is 13.4. The number of aliphatic hydroxyl groups excluding tert-OH is 1. The average molecular weight is 506 g/mol. The van der Waals surface area contributed by atoms with Crippen molar-refractivity contribution in [2.75, 3.05) is 12.0 Å². The zero-order chi connectivity index (χ0) is 26.1. The topological polar surface area (TPSA) is 76.1 Å². The molecule has 6 nitrogen and oxygen atoms in total. The minimum atomic E-state index is -0.872. The van der Waals surface area contributed by atoms with Crippen molar-refractivity contribution in [3.8, 4) is 11.5 Å². The molecule has 1 aliphatic rings. The number of methoxy groups -OCH3 is 1. The number of halogens is 1. The first-order valence-corrected chi connectivity index (χ1v) is 12.0. The number of rotatable bonds is 6. The fourth-order valence-electron chi connectivity index (χ4n) is 4.50. The van der Waals surface area contributed by atoms with E-state index in [0.717, 1.165) is 11.1 Å². The second kappa shape index (κ2) is 10.1. The first kappa shape index (κ1) is 25.3. The van der Waals surface area contributed by atoms with Gasteiger partial charge in [-0.1, -0.05) is 29.8 Å². The van der Waals surface area contributed by atoms with Gasteiger partial charge in [0.05, 0.1) is 29.9 Å². The summed E-state index contributed by atoms with van der Waals surface area (Å²) in [5.74, 6) is -0.787. The van der Waals surface area contributed by atoms with Crippen LogP contribution in [-0.2, 0) is 9.59 Å². The third kappa shape index (κ3) is 4.82. The van der Waals surface area contributed by atoms with Crippen molar-refractivity contribution in [2.45, 2.75) is 39.8 Å². The molecule has 3 aromatic rings. The predicted molar refractivity (Wildman–Crippen MR) is 141 cm³/mol. The monoisotopic (exact) mass is 505 g/mol. The number of Topliss-reactive ketones (excluding diaryl/α,β-unsaturated/α-hetero) is 1. The van der Waals surface area contributed by atoms with Crippen molar-refractivity contribution in [1.82, 2.24) is 0 Å². The van der Waals surface area contributed by atoms with Crippen LogP contribution in [0.5, 0.6) is 11.5 Å². The predicted octanol–water partition coefficient (Wildman–Crippen LogP) is 6.38. The van der Waals surface area contributed by atoms with Crippen molar-refractivity contribution in [3.05, 3.63) is 93.5 Å². The normalized spacial score (nSPS) is 17.1. The molecule has 1 saturated heterocycles. The molecule has 0 aliphatic carbocycles. The molecular formula is C29H28ClNO5. The van der Waals surface area contributed by atoms with Gasteiger partial charge in [0.2, 0.25) is 0 Å². The van der Waals surface area contributed by atoms with Gasteiger partial charge in [-0.15, -0.1) is 0 Å². The van der Waals surface area contributed by atoms with Crippen LogP contribution in [-0.4, -0.2) is 30.0 Å². The molecule has 36 heavy (non-hydrogen) atoms. The van der Waals surface area contributed by atoms with E-state index in [1.807, 2.05) is 58.0 Å². The molecule has 4 rings (SSSR count). The van der Waals surface area contributed by atoms with E-state index in [9.17, 15) is 14.7 Å². The van der Waals surface area contributed by atoms with Gasteiger partial charge in [-0.3, -0.25) is 14.5 Å². The first-order valence-electron chi connectivity index (χ1n) is 11.6. The highest BCUT2D eigenvalue weighted by Crippen LogP contribution is 2.43. The molecule has 0 saturated carbocycles. The lowest BCUT2D eigenvalue weighted by Crippen LogP contribution is -2.29. The summed E-state index contributed by atoms with van der Waals surface area (Å²) in [4.78, 5) is 28.3. The molecule has 0 bridgehead atoms. The van der Waals surface area contributed by atoms with Crippen LogP contribution in [0.15, 0.2) is 66.2 Å². The number of aliphatic hydroxyl groups is 1. The lowest BCUT2D eigenvalue weighted by Gasteiger charge is -2.26. The molecule has 1 amide bonds. The molecule has 1 heterocycles. The Morgan fingerprint density at radius 3 is 2.31 bits per heavy atom. The van der Waals surface area contributed by atoms with Crippen LogP contribution in [0.1, 0.15) is 42.1 Å². The van der Waals surface area contributed by atoms with Crippen molar-refractivity contribution in [1.29, 1.82) is 0 Å². The fourth-order valence-corrected chi connectivity index (χ4v) is 4.76. The molecule has 1 N–H and O–H groups in total. The maximum Gasteiger partial charge on any atom is 0.300 e. The fraction of sp³-hybridized carbons (Fsp3) is 0.241. The number of ketones is 1. The standard InChI is InChI=1S/C29H28ClNO5/c1-16(2)36-22-8-6-7-19(14-22)26-25(27(32)20-9-10-24(35-5)23(30)15-20)28(33)29(34)31(26)21-12-17(3)11-18(4)13-21/h6-16,26,32H,1-5H3/b27-25+. The first-order chi connectivity index (χ1) is 17.1. The molecule has 1 aliphatic heterocycles. The summed E-state index contributed by atoms with van der Waals surface area (Å²) in [5.41, 5.74) is 3.38. The van der Waals surface area contributed by atoms with E-state index in [1.165, 1.54) is 18.1 Å². The van der Waals surface area contributed by atoms with Gasteiger partial charge in [-0.05, 0) is 86.8 Å². The van der Waals surface area contributed by atoms with Gasteiger partial charge in [0.1, 0.15) is 17.3 Å². The SMILES string of the molecule is COc1ccc(/C(O)=C2\C(=O)C(=O)N(c3cc(C)cc(C)c3)C2c2cccc(OC(C)C)c2)cc1Cl. The highest BCUT2D eigenvalue weighted by Gasteiger charge is 2.47. The molecule has 3 aromatic carbocycles. The zero-order valence-electron chi connectivity index (χ0n) is 20.8. The molecule has 186 valence electrons. The summed E-state index contributed by atoms with van der Waals surface area (Å²) in [5, 5.41) is 11.6. The highest BCUT2D eigenvalue weighted by atomic mass is 35.5. The average Bonchev–Trinajstić information content (AvgIpc) is 3.08. The Morgan fingerprint density at radius 1 is 1.00 bits per heavy atom. The number of benzene rings is 3. The van der Waals surface area contributed by atoms with Crippen LogP contribution in [0.25, 0.3) is 5.76 Å². The lowest BCUT2D eigenvalue weighted by molar-refractivity contribution is -0.132. The Morgan fingerprint density at radius 2 is 1.69 bits per heavy atom. The quantitative estimate of drug-likeness (QED) is 0.239. The highest BCUT2D eigenvalue weighted by molar-refractivity contribution is 6.51. The van der Waals surface area contributed by atoms with E-state index in [4.69, 9.17) is 21.1 Å². The molecule has 7 heteroatoms. The molecule has 0 radical (unpaired) electrons. The summed E-state index contributed by atoms with van der Waals surface area (Å²) >= 11 is 6.29. The Balaban J connectivity index is 1.95. The Labute approximate surface area is 215 Å². The largest absolute Gasteiger partial charge is 0.507 e. The van der Waals surface area contributed by atoms with Crippen LogP contribution in [0.4, 0.5) is 5.69 Å². The van der Waals surface area contributed by atoms with Gasteiger partial charge in [0.15, 0.2) is 0 Å². The number of nitrogens with zero attached hydrogens (tertiary/aromatic N) is 1. The van der Waals surface area contributed by atoms with Gasteiger partial charge in [0.25, 0.3) is 11.7 Å². The van der Waals surface area contributed by atoms with Crippen molar-refractivity contribution < 1.29 is 24.2 Å². The van der Waals surface area contributed by atoms with Gasteiger partial charge in [0, 0.05) is 11.3 Å². The van der Waals surface area contributed by atoms with E-state index < -0.39 is 17.7 Å². The van der Waals surface area contributed by atoms with Crippen LogP contribution < -0.4 is 14.4 Å². The van der Waals surface area contributed by atoms with E-state index in [1.54, 1.807) is 24.3 Å². The Hall–Kier alpha value is -3.77. The maximum atomic E-state index is 13.4. The van der Waals surface area contributed by atoms with E-state index in [2.05, 4.69) is 0 Å². The van der Waals surface area contributed by atoms with E-state index >= 15 is 0 Å². The van der Waals surface area contributed by atoms with Crippen LogP contribution in [0.2, 0.25) is 5.02 Å². The molecule has 0 spiro atoms. The van der Waals surface area contributed by atoms with Crippen molar-refractivity contribution in [3.63, 3.8) is 0 Å². The number of carbonyl (C=O) groups excluding carboxylic acids is 2. The van der Waals surface area contributed by atoms with E-state index in [-0.39, 0.29) is 22.5 Å². The van der Waals surface area contributed by atoms with Gasteiger partial charge in [-0.25, -0.2) is 0 Å². The van der Waals surface area contributed by atoms with Crippen LogP contribution in [0, 0.1) is 13.8 Å².